The van der Waals surface area contributed by atoms with Crippen LogP contribution in [0.5, 0.6) is 5.75 Å². The fraction of sp³-hybridized carbons (Fsp3) is 0.520. The van der Waals surface area contributed by atoms with Gasteiger partial charge < -0.3 is 9.84 Å². The van der Waals surface area contributed by atoms with Crippen LogP contribution in [0.1, 0.15) is 95.8 Å². The Morgan fingerprint density at radius 2 is 1.89 bits per heavy atom. The van der Waals surface area contributed by atoms with Gasteiger partial charge >= 0.3 is 0 Å². The molecule has 1 aliphatic carbocycles. The number of allylic oxidation sites excluding steroid dienone is 5. The van der Waals surface area contributed by atoms with Gasteiger partial charge in [-0.05, 0) is 78.4 Å². The second-order valence-electron chi connectivity index (χ2n) is 8.21. The van der Waals surface area contributed by atoms with E-state index in [0.717, 1.165) is 43.5 Å². The van der Waals surface area contributed by atoms with Crippen LogP contribution in [0.2, 0.25) is 0 Å². The summed E-state index contributed by atoms with van der Waals surface area (Å²) in [5.74, 6) is 1.99. The minimum atomic E-state index is 0.426. The molecule has 0 heterocycles. The van der Waals surface area contributed by atoms with Crippen molar-refractivity contribution in [1.82, 2.24) is 0 Å². The maximum atomic E-state index is 9.18. The van der Waals surface area contributed by atoms with Gasteiger partial charge in [0.2, 0.25) is 0 Å². The van der Waals surface area contributed by atoms with E-state index in [1.54, 1.807) is 0 Å². The summed E-state index contributed by atoms with van der Waals surface area (Å²) < 4.78 is 6.31. The Morgan fingerprint density at radius 1 is 1.15 bits per heavy atom. The molecule has 0 aliphatic heterocycles. The normalized spacial score (nSPS) is 15.6. The lowest BCUT2D eigenvalue weighted by molar-refractivity contribution is 0.312. The number of rotatable bonds is 8. The molecule has 148 valence electrons. The minimum absolute atomic E-state index is 0.426. The minimum Gasteiger partial charge on any atom is -0.515 e. The Hall–Kier alpha value is -1.96. The molecule has 2 heteroatoms. The Kier molecular flexibility index (Phi) is 7.77. The van der Waals surface area contributed by atoms with E-state index >= 15 is 0 Å². The molecule has 1 aromatic rings. The van der Waals surface area contributed by atoms with Crippen LogP contribution in [-0.2, 0) is 0 Å². The van der Waals surface area contributed by atoms with Crippen LogP contribution in [0.4, 0.5) is 0 Å². The molecule has 27 heavy (non-hydrogen) atoms. The lowest BCUT2D eigenvalue weighted by Crippen LogP contribution is -2.06. The molecule has 0 aromatic heterocycles. The van der Waals surface area contributed by atoms with Crippen molar-refractivity contribution in [1.29, 1.82) is 0 Å². The number of ether oxygens (including phenoxy) is 1. The second-order valence-corrected chi connectivity index (χ2v) is 8.21. The molecule has 0 amide bonds. The Morgan fingerprint density at radius 3 is 2.48 bits per heavy atom. The van der Waals surface area contributed by atoms with Crippen LogP contribution >= 0.6 is 0 Å². The molecule has 0 unspecified atom stereocenters. The molecule has 1 aliphatic rings. The summed E-state index contributed by atoms with van der Waals surface area (Å²) >= 11 is 0. The maximum Gasteiger partial charge on any atom is 0.130 e. The van der Waals surface area contributed by atoms with E-state index in [4.69, 9.17) is 4.74 Å². The summed E-state index contributed by atoms with van der Waals surface area (Å²) in [4.78, 5) is 0. The van der Waals surface area contributed by atoms with Gasteiger partial charge in [0.15, 0.2) is 0 Å². The zero-order chi connectivity index (χ0) is 20.0. The van der Waals surface area contributed by atoms with Gasteiger partial charge in [-0.1, -0.05) is 52.8 Å². The first-order valence-electron chi connectivity index (χ1n) is 10.4. The van der Waals surface area contributed by atoms with Crippen molar-refractivity contribution in [3.63, 3.8) is 0 Å². The van der Waals surface area contributed by atoms with Crippen molar-refractivity contribution in [2.24, 2.45) is 0 Å². The van der Waals surface area contributed by atoms with Gasteiger partial charge in [0.1, 0.15) is 5.75 Å². The van der Waals surface area contributed by atoms with Crippen LogP contribution in [0.25, 0.3) is 5.57 Å². The third-order valence-corrected chi connectivity index (χ3v) is 5.22. The molecule has 1 aromatic carbocycles. The van der Waals surface area contributed by atoms with Crippen molar-refractivity contribution >= 4 is 5.57 Å². The molecule has 0 spiro atoms. The van der Waals surface area contributed by atoms with Crippen LogP contribution in [0.15, 0.2) is 41.7 Å². The van der Waals surface area contributed by atoms with Crippen LogP contribution in [0, 0.1) is 0 Å². The highest BCUT2D eigenvalue weighted by Crippen LogP contribution is 2.43. The van der Waals surface area contributed by atoms with Crippen LogP contribution in [-0.4, -0.2) is 11.7 Å². The van der Waals surface area contributed by atoms with Gasteiger partial charge in [-0.2, -0.15) is 0 Å². The van der Waals surface area contributed by atoms with Crippen molar-refractivity contribution in [2.75, 3.05) is 6.61 Å². The molecule has 0 bridgehead atoms. The number of aliphatic hydroxyl groups is 1. The summed E-state index contributed by atoms with van der Waals surface area (Å²) in [6.07, 6.45) is 9.69. The number of hydrogen-bond donors (Lipinski definition) is 1. The van der Waals surface area contributed by atoms with Crippen LogP contribution in [0.3, 0.4) is 0 Å². The van der Waals surface area contributed by atoms with E-state index in [1.165, 1.54) is 34.3 Å². The largest absolute Gasteiger partial charge is 0.515 e. The average Bonchev–Trinajstić information content (AvgIpc) is 3.11. The van der Waals surface area contributed by atoms with Crippen molar-refractivity contribution in [2.45, 2.75) is 79.1 Å². The summed E-state index contributed by atoms with van der Waals surface area (Å²) in [7, 11) is 0. The number of benzene rings is 1. The fourth-order valence-corrected chi connectivity index (χ4v) is 3.56. The van der Waals surface area contributed by atoms with Crippen molar-refractivity contribution in [3.05, 3.63) is 58.4 Å². The van der Waals surface area contributed by atoms with Crippen molar-refractivity contribution in [3.8, 4) is 5.75 Å². The second kappa shape index (κ2) is 9.82. The Labute approximate surface area is 165 Å². The number of hydrogen-bond acceptors (Lipinski definition) is 2. The Balaban J connectivity index is 2.65. The maximum absolute atomic E-state index is 9.18. The fourth-order valence-electron chi connectivity index (χ4n) is 3.56. The first-order valence-corrected chi connectivity index (χ1v) is 10.4. The summed E-state index contributed by atoms with van der Waals surface area (Å²) in [5, 5.41) is 9.18. The molecular formula is C25H36O2. The topological polar surface area (TPSA) is 29.5 Å². The van der Waals surface area contributed by atoms with E-state index in [2.05, 4.69) is 52.8 Å². The standard InChI is InChI=1S/C25H36O2/c1-7-13-27-25-23(18(4)5)14-21(17(2)3)15-24(25)22-10-8-9-20(22)12-11-19(6)16-26/h11-12,14-18,26H,7-10,13H2,1-6H3/b12-11+,19-16+. The molecule has 0 radical (unpaired) electrons. The van der Waals surface area contributed by atoms with Gasteiger partial charge in [-0.3, -0.25) is 0 Å². The predicted molar refractivity (Wildman–Crippen MR) is 117 cm³/mol. The Bertz CT molecular complexity index is 733. The zero-order valence-corrected chi connectivity index (χ0v) is 17.9. The van der Waals surface area contributed by atoms with Gasteiger partial charge in [-0.15, -0.1) is 0 Å². The highest BCUT2D eigenvalue weighted by Gasteiger charge is 2.22. The third-order valence-electron chi connectivity index (χ3n) is 5.22. The zero-order valence-electron chi connectivity index (χ0n) is 17.9. The van der Waals surface area contributed by atoms with E-state index < -0.39 is 0 Å². The molecule has 0 fully saturated rings. The van der Waals surface area contributed by atoms with E-state index in [1.807, 2.05) is 13.0 Å². The SMILES string of the molecule is CCCOc1c(C2=C(/C=C/C(C)=C/O)CCC2)cc(C(C)C)cc1C(C)C. The molecule has 0 atom stereocenters. The quantitative estimate of drug-likeness (QED) is 0.376. The van der Waals surface area contributed by atoms with Gasteiger partial charge in [0, 0.05) is 5.56 Å². The molecule has 0 saturated heterocycles. The first kappa shape index (κ1) is 21.3. The van der Waals surface area contributed by atoms with Crippen LogP contribution < -0.4 is 4.74 Å². The van der Waals surface area contributed by atoms with Crippen molar-refractivity contribution < 1.29 is 9.84 Å². The highest BCUT2D eigenvalue weighted by molar-refractivity contribution is 5.78. The summed E-state index contributed by atoms with van der Waals surface area (Å²) in [6.45, 7) is 13.8. The molecule has 2 nitrogen and oxygen atoms in total. The first-order chi connectivity index (χ1) is 12.9. The monoisotopic (exact) mass is 368 g/mol. The molecule has 1 N–H and O–H groups in total. The average molecular weight is 369 g/mol. The van der Waals surface area contributed by atoms with E-state index in [0.29, 0.717) is 11.8 Å². The van der Waals surface area contributed by atoms with Gasteiger partial charge in [-0.25, -0.2) is 0 Å². The van der Waals surface area contributed by atoms with E-state index in [-0.39, 0.29) is 0 Å². The third kappa shape index (κ3) is 5.28. The van der Waals surface area contributed by atoms with Gasteiger partial charge in [0.05, 0.1) is 12.9 Å². The lowest BCUT2D eigenvalue weighted by atomic mass is 9.88. The highest BCUT2D eigenvalue weighted by atomic mass is 16.5. The predicted octanol–water partition coefficient (Wildman–Crippen LogP) is 7.68. The molecule has 2 rings (SSSR count). The summed E-state index contributed by atoms with van der Waals surface area (Å²) in [6, 6.07) is 4.69. The van der Waals surface area contributed by atoms with Gasteiger partial charge in [0.25, 0.3) is 0 Å². The van der Waals surface area contributed by atoms with E-state index in [9.17, 15) is 5.11 Å². The lowest BCUT2D eigenvalue weighted by Gasteiger charge is -2.22. The summed E-state index contributed by atoms with van der Waals surface area (Å²) in [5.41, 5.74) is 7.63. The molecular weight excluding hydrogens is 332 g/mol. The smallest absolute Gasteiger partial charge is 0.130 e. The molecule has 0 saturated carbocycles. The number of aliphatic hydroxyl groups excluding tert-OH is 1.